The third-order valence-electron chi connectivity index (χ3n) is 5.62. The first-order chi connectivity index (χ1) is 14.8. The van der Waals surface area contributed by atoms with E-state index in [9.17, 15) is 9.59 Å². The van der Waals surface area contributed by atoms with Gasteiger partial charge in [0.1, 0.15) is 5.57 Å². The number of anilines is 2. The average Bonchev–Trinajstić information content (AvgIpc) is 2.74. The van der Waals surface area contributed by atoms with Crippen molar-refractivity contribution in [2.45, 2.75) is 20.8 Å². The Kier molecular flexibility index (Phi) is 5.89. The molecule has 0 atom stereocenters. The van der Waals surface area contributed by atoms with Gasteiger partial charge < -0.3 is 9.64 Å². The van der Waals surface area contributed by atoms with Crippen molar-refractivity contribution < 1.29 is 14.3 Å². The Morgan fingerprint density at radius 2 is 1.74 bits per heavy atom. The maximum atomic E-state index is 13.3. The van der Waals surface area contributed by atoms with Gasteiger partial charge in [-0.05, 0) is 74.0 Å². The number of aryl methyl sites for hydroxylation is 3. The van der Waals surface area contributed by atoms with Crippen molar-refractivity contribution in [3.8, 4) is 0 Å². The Bertz CT molecular complexity index is 1100. The van der Waals surface area contributed by atoms with Crippen molar-refractivity contribution in [3.05, 3.63) is 64.2 Å². The highest BCUT2D eigenvalue weighted by molar-refractivity contribution is 7.80. The van der Waals surface area contributed by atoms with Crippen LogP contribution in [0.15, 0.2) is 42.0 Å². The van der Waals surface area contributed by atoms with Crippen LogP contribution in [0.25, 0.3) is 6.08 Å². The van der Waals surface area contributed by atoms with Crippen LogP contribution in [-0.4, -0.2) is 43.2 Å². The number of nitrogens with one attached hydrogen (secondary N) is 1. The molecule has 2 aliphatic heterocycles. The second-order valence-corrected chi connectivity index (χ2v) is 8.27. The van der Waals surface area contributed by atoms with E-state index in [1.807, 2.05) is 51.1 Å². The summed E-state index contributed by atoms with van der Waals surface area (Å²) in [4.78, 5) is 29.6. The molecule has 2 amide bonds. The minimum Gasteiger partial charge on any atom is -0.378 e. The Labute approximate surface area is 187 Å². The lowest BCUT2D eigenvalue weighted by molar-refractivity contribution is -0.122. The van der Waals surface area contributed by atoms with Gasteiger partial charge in [-0.2, -0.15) is 0 Å². The van der Waals surface area contributed by atoms with E-state index in [2.05, 4.69) is 16.3 Å². The second kappa shape index (κ2) is 8.61. The highest BCUT2D eigenvalue weighted by Crippen LogP contribution is 2.27. The van der Waals surface area contributed by atoms with Crippen molar-refractivity contribution in [1.29, 1.82) is 0 Å². The Balaban J connectivity index is 1.67. The molecule has 0 saturated carbocycles. The molecule has 2 heterocycles. The summed E-state index contributed by atoms with van der Waals surface area (Å²) >= 11 is 5.32. The summed E-state index contributed by atoms with van der Waals surface area (Å²) in [5.74, 6) is -0.898. The molecule has 4 rings (SSSR count). The highest BCUT2D eigenvalue weighted by Gasteiger charge is 2.35. The number of thiocarbonyl (C=S) groups is 1. The molecule has 2 aliphatic rings. The number of carbonyl (C=O) groups excluding carboxylic acids is 2. The van der Waals surface area contributed by atoms with Crippen molar-refractivity contribution in [3.63, 3.8) is 0 Å². The number of amides is 2. The SMILES string of the molecule is Cc1ccc(N2C(=O)/C(=C/c3ccc(N4CCOCC4)cc3C)C(=O)NC2=S)c(C)c1. The number of benzene rings is 2. The molecule has 0 radical (unpaired) electrons. The minimum absolute atomic E-state index is 0.0656. The smallest absolute Gasteiger partial charge is 0.270 e. The first-order valence-corrected chi connectivity index (χ1v) is 10.7. The molecule has 2 fully saturated rings. The van der Waals surface area contributed by atoms with E-state index in [1.54, 1.807) is 6.08 Å². The van der Waals surface area contributed by atoms with E-state index in [1.165, 1.54) is 4.90 Å². The van der Waals surface area contributed by atoms with Gasteiger partial charge >= 0.3 is 0 Å². The quantitative estimate of drug-likeness (QED) is 0.456. The number of carbonyl (C=O) groups is 2. The lowest BCUT2D eigenvalue weighted by atomic mass is 10.0. The molecule has 31 heavy (non-hydrogen) atoms. The monoisotopic (exact) mass is 435 g/mol. The van der Waals surface area contributed by atoms with Gasteiger partial charge in [0, 0.05) is 18.8 Å². The van der Waals surface area contributed by atoms with Gasteiger partial charge in [-0.15, -0.1) is 0 Å². The summed E-state index contributed by atoms with van der Waals surface area (Å²) in [5, 5.41) is 2.76. The van der Waals surface area contributed by atoms with Gasteiger partial charge in [-0.3, -0.25) is 19.8 Å². The summed E-state index contributed by atoms with van der Waals surface area (Å²) in [7, 11) is 0. The topological polar surface area (TPSA) is 61.9 Å². The van der Waals surface area contributed by atoms with Crippen LogP contribution in [0.4, 0.5) is 11.4 Å². The summed E-state index contributed by atoms with van der Waals surface area (Å²) in [5.41, 5.74) is 5.67. The van der Waals surface area contributed by atoms with Crippen LogP contribution < -0.4 is 15.1 Å². The molecule has 2 saturated heterocycles. The molecule has 0 aliphatic carbocycles. The number of morpholine rings is 1. The van der Waals surface area contributed by atoms with Gasteiger partial charge in [0.2, 0.25) is 0 Å². The van der Waals surface area contributed by atoms with Crippen LogP contribution in [0.1, 0.15) is 22.3 Å². The molecule has 160 valence electrons. The third kappa shape index (κ3) is 4.24. The Hall–Kier alpha value is -3.03. The molecule has 0 aromatic heterocycles. The maximum absolute atomic E-state index is 13.3. The molecule has 2 aromatic rings. The predicted octanol–water partition coefficient (Wildman–Crippen LogP) is 3.28. The normalized spacial score (nSPS) is 18.5. The third-order valence-corrected chi connectivity index (χ3v) is 5.91. The van der Waals surface area contributed by atoms with E-state index < -0.39 is 11.8 Å². The fraction of sp³-hybridized carbons (Fsp3) is 0.292. The average molecular weight is 436 g/mol. The number of rotatable bonds is 3. The zero-order valence-corrected chi connectivity index (χ0v) is 18.7. The zero-order chi connectivity index (χ0) is 22.1. The Morgan fingerprint density at radius 3 is 2.42 bits per heavy atom. The molecule has 0 spiro atoms. The molecular formula is C24H25N3O3S. The van der Waals surface area contributed by atoms with E-state index in [0.717, 1.165) is 41.0 Å². The van der Waals surface area contributed by atoms with Crippen LogP contribution in [0, 0.1) is 20.8 Å². The van der Waals surface area contributed by atoms with Gasteiger partial charge in [0.15, 0.2) is 5.11 Å². The van der Waals surface area contributed by atoms with Crippen molar-refractivity contribution in [1.82, 2.24) is 5.32 Å². The number of hydrogen-bond donors (Lipinski definition) is 1. The summed E-state index contributed by atoms with van der Waals surface area (Å²) < 4.78 is 5.42. The molecule has 7 heteroatoms. The van der Waals surface area contributed by atoms with E-state index >= 15 is 0 Å². The van der Waals surface area contributed by atoms with Gasteiger partial charge in [-0.1, -0.05) is 23.8 Å². The molecule has 2 aromatic carbocycles. The summed E-state index contributed by atoms with van der Waals surface area (Å²) in [6.07, 6.45) is 1.65. The van der Waals surface area contributed by atoms with Crippen molar-refractivity contribution in [2.75, 3.05) is 36.1 Å². The number of ether oxygens (including phenoxy) is 1. The largest absolute Gasteiger partial charge is 0.378 e. The van der Waals surface area contributed by atoms with E-state index in [-0.39, 0.29) is 10.7 Å². The fourth-order valence-corrected chi connectivity index (χ4v) is 4.20. The van der Waals surface area contributed by atoms with Crippen molar-refractivity contribution in [2.24, 2.45) is 0 Å². The Morgan fingerprint density at radius 1 is 1.00 bits per heavy atom. The molecular weight excluding hydrogens is 410 g/mol. The second-order valence-electron chi connectivity index (χ2n) is 7.89. The van der Waals surface area contributed by atoms with Crippen LogP contribution >= 0.6 is 12.2 Å². The van der Waals surface area contributed by atoms with Gasteiger partial charge in [-0.25, -0.2) is 0 Å². The van der Waals surface area contributed by atoms with Gasteiger partial charge in [0.25, 0.3) is 11.8 Å². The van der Waals surface area contributed by atoms with Crippen molar-refractivity contribution >= 4 is 46.6 Å². The predicted molar refractivity (Wildman–Crippen MR) is 126 cm³/mol. The number of nitrogens with zero attached hydrogens (tertiary/aromatic N) is 2. The zero-order valence-electron chi connectivity index (χ0n) is 17.9. The van der Waals surface area contributed by atoms with Gasteiger partial charge in [0.05, 0.1) is 18.9 Å². The van der Waals surface area contributed by atoms with Crippen LogP contribution in [0.3, 0.4) is 0 Å². The summed E-state index contributed by atoms with van der Waals surface area (Å²) in [6.45, 7) is 9.03. The van der Waals surface area contributed by atoms with Crippen LogP contribution in [0.2, 0.25) is 0 Å². The number of hydrogen-bond acceptors (Lipinski definition) is 5. The van der Waals surface area contributed by atoms with Crippen LogP contribution in [-0.2, 0) is 14.3 Å². The first-order valence-electron chi connectivity index (χ1n) is 10.3. The van der Waals surface area contributed by atoms with Crippen LogP contribution in [0.5, 0.6) is 0 Å². The van der Waals surface area contributed by atoms with E-state index in [4.69, 9.17) is 17.0 Å². The molecule has 0 unspecified atom stereocenters. The molecule has 6 nitrogen and oxygen atoms in total. The molecule has 0 bridgehead atoms. The maximum Gasteiger partial charge on any atom is 0.270 e. The highest BCUT2D eigenvalue weighted by atomic mass is 32.1. The lowest BCUT2D eigenvalue weighted by Gasteiger charge is -2.30. The van der Waals surface area contributed by atoms with E-state index in [0.29, 0.717) is 18.9 Å². The summed E-state index contributed by atoms with van der Waals surface area (Å²) in [6, 6.07) is 11.8. The lowest BCUT2D eigenvalue weighted by Crippen LogP contribution is -2.54. The minimum atomic E-state index is -0.479. The molecule has 1 N–H and O–H groups in total. The standard InChI is InChI=1S/C24H25N3O3S/c1-15-4-7-21(17(3)12-15)27-23(29)20(22(28)25-24(27)31)14-18-5-6-19(13-16(18)2)26-8-10-30-11-9-26/h4-7,12-14H,8-11H2,1-3H3,(H,25,28,31)/b20-14+. The fourth-order valence-electron chi connectivity index (χ4n) is 3.93. The first kappa shape index (κ1) is 21.2.